The highest BCUT2D eigenvalue weighted by molar-refractivity contribution is 6.12. The lowest BCUT2D eigenvalue weighted by atomic mass is 10.1. The number of nitro benzene ring substituents is 1. The number of hydrogen-bond acceptors (Lipinski definition) is 8. The molecule has 0 spiro atoms. The van der Waals surface area contributed by atoms with Crippen molar-refractivity contribution in [3.05, 3.63) is 50.8 Å². The largest absolute Gasteiger partial charge is 0.493 e. The van der Waals surface area contributed by atoms with Gasteiger partial charge in [-0.05, 0) is 32.3 Å². The molecule has 0 N–H and O–H groups in total. The zero-order valence-corrected chi connectivity index (χ0v) is 17.6. The van der Waals surface area contributed by atoms with Crippen LogP contribution in [-0.2, 0) is 6.54 Å². The number of aromatic nitrogens is 3. The molecule has 2 heterocycles. The van der Waals surface area contributed by atoms with Crippen LogP contribution in [0, 0.1) is 10.1 Å². The Hall–Kier alpha value is -3.79. The molecule has 0 aliphatic rings. The molecule has 0 aliphatic carbocycles. The number of rotatable bonds is 6. The van der Waals surface area contributed by atoms with Crippen molar-refractivity contribution in [2.24, 2.45) is 0 Å². The molecule has 10 nitrogen and oxygen atoms in total. The first-order valence-electron chi connectivity index (χ1n) is 9.53. The van der Waals surface area contributed by atoms with Gasteiger partial charge >= 0.3 is 0 Å². The second-order valence-corrected chi connectivity index (χ2v) is 7.37. The number of non-ortho nitro benzene ring substituents is 1. The van der Waals surface area contributed by atoms with Crippen LogP contribution in [0.2, 0.25) is 0 Å². The molecule has 31 heavy (non-hydrogen) atoms. The van der Waals surface area contributed by atoms with E-state index in [1.807, 2.05) is 19.0 Å². The second-order valence-electron chi connectivity index (χ2n) is 7.37. The molecule has 0 atom stereocenters. The lowest BCUT2D eigenvalue weighted by Gasteiger charge is -2.17. The van der Waals surface area contributed by atoms with Crippen LogP contribution in [0.25, 0.3) is 32.7 Å². The van der Waals surface area contributed by atoms with Crippen molar-refractivity contribution in [2.45, 2.75) is 6.54 Å². The van der Waals surface area contributed by atoms with Crippen molar-refractivity contribution in [3.63, 3.8) is 0 Å². The summed E-state index contributed by atoms with van der Waals surface area (Å²) in [4.78, 5) is 26.4. The van der Waals surface area contributed by atoms with E-state index in [9.17, 15) is 14.9 Å². The van der Waals surface area contributed by atoms with Gasteiger partial charge in [-0.1, -0.05) is 0 Å². The quantitative estimate of drug-likeness (QED) is 0.264. The number of pyridine rings is 1. The highest BCUT2D eigenvalue weighted by Gasteiger charge is 2.20. The number of fused-ring (bicyclic) bond motifs is 5. The monoisotopic (exact) mass is 423 g/mol. The average molecular weight is 423 g/mol. The summed E-state index contributed by atoms with van der Waals surface area (Å²) in [6.45, 7) is 0.961. The average Bonchev–Trinajstić information content (AvgIpc) is 2.77. The van der Waals surface area contributed by atoms with Gasteiger partial charge in [-0.25, -0.2) is 0 Å². The molecular weight excluding hydrogens is 402 g/mol. The number of methoxy groups -OCH3 is 2. The Morgan fingerprint density at radius 3 is 2.32 bits per heavy atom. The first kappa shape index (κ1) is 20.5. The molecule has 2 aromatic carbocycles. The zero-order valence-electron chi connectivity index (χ0n) is 17.6. The van der Waals surface area contributed by atoms with Gasteiger partial charge < -0.3 is 18.9 Å². The Bertz CT molecular complexity index is 1400. The fourth-order valence-electron chi connectivity index (χ4n) is 3.66. The van der Waals surface area contributed by atoms with E-state index < -0.39 is 4.92 Å². The third kappa shape index (κ3) is 3.40. The molecule has 0 saturated heterocycles. The minimum absolute atomic E-state index is 0.0826. The third-order valence-electron chi connectivity index (χ3n) is 5.22. The molecule has 0 radical (unpaired) electrons. The van der Waals surface area contributed by atoms with Crippen LogP contribution >= 0.6 is 0 Å². The Labute approximate surface area is 176 Å². The topological polar surface area (TPSA) is 113 Å². The van der Waals surface area contributed by atoms with Crippen LogP contribution in [0.15, 0.2) is 35.1 Å². The standard InChI is InChI=1S/C21H21N5O5/c1-24(2)7-8-25-20-15-9-12(26(28)29)5-6-16(15)22-23-19(20)13-10-17(30-3)18(31-4)11-14(13)21(25)27/h5-6,9-11H,7-8H2,1-4H3. The van der Waals surface area contributed by atoms with Gasteiger partial charge in [0.2, 0.25) is 0 Å². The zero-order chi connectivity index (χ0) is 22.3. The second kappa shape index (κ2) is 7.80. The summed E-state index contributed by atoms with van der Waals surface area (Å²) in [7, 11) is 6.83. The summed E-state index contributed by atoms with van der Waals surface area (Å²) in [5.41, 5.74) is 1.10. The van der Waals surface area contributed by atoms with E-state index in [4.69, 9.17) is 9.47 Å². The molecule has 0 fully saturated rings. The van der Waals surface area contributed by atoms with E-state index in [0.717, 1.165) is 0 Å². The van der Waals surface area contributed by atoms with E-state index in [-0.39, 0.29) is 11.2 Å². The molecule has 0 saturated carbocycles. The van der Waals surface area contributed by atoms with Crippen molar-refractivity contribution >= 4 is 38.4 Å². The van der Waals surface area contributed by atoms with E-state index in [2.05, 4.69) is 10.2 Å². The van der Waals surface area contributed by atoms with E-state index in [1.54, 1.807) is 22.8 Å². The van der Waals surface area contributed by atoms with Crippen molar-refractivity contribution in [1.29, 1.82) is 0 Å². The number of ether oxygens (including phenoxy) is 2. The fraction of sp³-hybridized carbons (Fsp3) is 0.286. The Morgan fingerprint density at radius 2 is 1.71 bits per heavy atom. The summed E-state index contributed by atoms with van der Waals surface area (Å²) < 4.78 is 12.4. The molecule has 0 unspecified atom stereocenters. The lowest BCUT2D eigenvalue weighted by Crippen LogP contribution is -2.27. The minimum atomic E-state index is -0.469. The van der Waals surface area contributed by atoms with Gasteiger partial charge in [-0.15, -0.1) is 10.2 Å². The smallest absolute Gasteiger partial charge is 0.270 e. The van der Waals surface area contributed by atoms with Crippen LogP contribution in [0.5, 0.6) is 11.5 Å². The number of nitro groups is 1. The summed E-state index contributed by atoms with van der Waals surface area (Å²) >= 11 is 0. The normalized spacial score (nSPS) is 11.5. The number of nitrogens with zero attached hydrogens (tertiary/aromatic N) is 5. The number of hydrogen-bond donors (Lipinski definition) is 0. The van der Waals surface area contributed by atoms with E-state index in [1.165, 1.54) is 26.4 Å². The maximum Gasteiger partial charge on any atom is 0.270 e. The maximum absolute atomic E-state index is 13.6. The van der Waals surface area contributed by atoms with Gasteiger partial charge in [0.1, 0.15) is 5.52 Å². The van der Waals surface area contributed by atoms with E-state index >= 15 is 0 Å². The molecule has 4 rings (SSSR count). The third-order valence-corrected chi connectivity index (χ3v) is 5.22. The first-order chi connectivity index (χ1) is 14.8. The van der Waals surface area contributed by atoms with E-state index in [0.29, 0.717) is 57.3 Å². The van der Waals surface area contributed by atoms with Gasteiger partial charge in [0.15, 0.2) is 11.5 Å². The number of likely N-dealkylation sites (N-methyl/N-ethyl adjacent to an activating group) is 1. The van der Waals surface area contributed by atoms with Gasteiger partial charge in [0, 0.05) is 36.0 Å². The van der Waals surface area contributed by atoms with Crippen LogP contribution in [0.3, 0.4) is 0 Å². The molecule has 0 bridgehead atoms. The summed E-state index contributed by atoms with van der Waals surface area (Å²) in [6.07, 6.45) is 0. The highest BCUT2D eigenvalue weighted by atomic mass is 16.6. The molecule has 2 aromatic heterocycles. The lowest BCUT2D eigenvalue weighted by molar-refractivity contribution is -0.384. The molecule has 4 aromatic rings. The Balaban J connectivity index is 2.21. The van der Waals surface area contributed by atoms with Gasteiger partial charge in [0.05, 0.1) is 35.6 Å². The molecule has 0 amide bonds. The van der Waals surface area contributed by atoms with Crippen LogP contribution in [0.4, 0.5) is 5.69 Å². The maximum atomic E-state index is 13.6. The van der Waals surface area contributed by atoms with Gasteiger partial charge in [-0.3, -0.25) is 14.9 Å². The van der Waals surface area contributed by atoms with Crippen LogP contribution in [0.1, 0.15) is 0 Å². The molecular formula is C21H21N5O5. The summed E-state index contributed by atoms with van der Waals surface area (Å²) in [6, 6.07) is 7.66. The molecule has 0 aliphatic heterocycles. The highest BCUT2D eigenvalue weighted by Crippen LogP contribution is 2.35. The Morgan fingerprint density at radius 1 is 1.03 bits per heavy atom. The van der Waals surface area contributed by atoms with Gasteiger partial charge in [0.25, 0.3) is 11.2 Å². The fourth-order valence-corrected chi connectivity index (χ4v) is 3.66. The van der Waals surface area contributed by atoms with Crippen LogP contribution in [-0.4, -0.2) is 59.4 Å². The first-order valence-corrected chi connectivity index (χ1v) is 9.53. The molecule has 160 valence electrons. The van der Waals surface area contributed by atoms with Crippen LogP contribution < -0.4 is 15.0 Å². The predicted octanol–water partition coefficient (Wildman–Crippen LogP) is 2.58. The predicted molar refractivity (Wildman–Crippen MR) is 117 cm³/mol. The van der Waals surface area contributed by atoms with Crippen molar-refractivity contribution in [2.75, 3.05) is 34.9 Å². The van der Waals surface area contributed by atoms with Gasteiger partial charge in [-0.2, -0.15) is 0 Å². The molecule has 10 heteroatoms. The van der Waals surface area contributed by atoms with Crippen molar-refractivity contribution in [1.82, 2.24) is 19.7 Å². The van der Waals surface area contributed by atoms with Crippen molar-refractivity contribution in [3.8, 4) is 11.5 Å². The minimum Gasteiger partial charge on any atom is -0.493 e. The summed E-state index contributed by atoms with van der Waals surface area (Å²) in [5, 5.41) is 21.5. The van der Waals surface area contributed by atoms with Crippen molar-refractivity contribution < 1.29 is 14.4 Å². The Kier molecular flexibility index (Phi) is 5.15. The number of benzene rings is 2. The SMILES string of the molecule is COc1cc2c(=O)n(CCN(C)C)c3c4cc([N+](=O)[O-])ccc4nnc3c2cc1OC. The summed E-state index contributed by atoms with van der Waals surface area (Å²) in [5.74, 6) is 0.873.